The first-order valence-electron chi connectivity index (χ1n) is 6.54. The SMILES string of the molecule is O=C(Nc1cnn(C2CCNCC2)c1)c1ccc(Cl)o1. The quantitative estimate of drug-likeness (QED) is 0.911. The Kier molecular flexibility index (Phi) is 3.75. The van der Waals surface area contributed by atoms with Crippen LogP contribution in [0.3, 0.4) is 0 Å². The van der Waals surface area contributed by atoms with E-state index in [2.05, 4.69) is 15.7 Å². The third-order valence-corrected chi connectivity index (χ3v) is 3.54. The number of aromatic nitrogens is 2. The van der Waals surface area contributed by atoms with Gasteiger partial charge in [-0.05, 0) is 49.7 Å². The molecule has 0 aliphatic carbocycles. The van der Waals surface area contributed by atoms with E-state index in [1.807, 2.05) is 10.9 Å². The van der Waals surface area contributed by atoms with Gasteiger partial charge in [-0.2, -0.15) is 5.10 Å². The molecule has 6 nitrogen and oxygen atoms in total. The molecule has 2 aromatic rings. The van der Waals surface area contributed by atoms with E-state index in [9.17, 15) is 4.79 Å². The minimum atomic E-state index is -0.332. The summed E-state index contributed by atoms with van der Waals surface area (Å²) in [4.78, 5) is 11.9. The van der Waals surface area contributed by atoms with Crippen molar-refractivity contribution in [1.29, 1.82) is 0 Å². The van der Waals surface area contributed by atoms with Gasteiger partial charge >= 0.3 is 0 Å². The maximum absolute atomic E-state index is 11.9. The highest BCUT2D eigenvalue weighted by Crippen LogP contribution is 2.20. The Morgan fingerprint density at radius 1 is 1.45 bits per heavy atom. The topological polar surface area (TPSA) is 72.1 Å². The van der Waals surface area contributed by atoms with E-state index in [1.54, 1.807) is 6.20 Å². The summed E-state index contributed by atoms with van der Waals surface area (Å²) in [6.07, 6.45) is 5.58. The van der Waals surface area contributed by atoms with Crippen LogP contribution in [-0.4, -0.2) is 28.8 Å². The molecule has 2 N–H and O–H groups in total. The molecule has 1 saturated heterocycles. The molecule has 0 unspecified atom stereocenters. The van der Waals surface area contributed by atoms with Gasteiger partial charge in [0.1, 0.15) is 0 Å². The van der Waals surface area contributed by atoms with Gasteiger partial charge in [-0.1, -0.05) is 0 Å². The summed E-state index contributed by atoms with van der Waals surface area (Å²) < 4.78 is 6.97. The Labute approximate surface area is 121 Å². The van der Waals surface area contributed by atoms with Gasteiger partial charge in [0.15, 0.2) is 11.0 Å². The van der Waals surface area contributed by atoms with Crippen molar-refractivity contribution in [3.05, 3.63) is 35.5 Å². The zero-order chi connectivity index (χ0) is 13.9. The van der Waals surface area contributed by atoms with Crippen LogP contribution in [-0.2, 0) is 0 Å². The first kappa shape index (κ1) is 13.2. The summed E-state index contributed by atoms with van der Waals surface area (Å²) in [5, 5.41) is 10.6. The lowest BCUT2D eigenvalue weighted by Crippen LogP contribution is -2.29. The molecule has 0 bridgehead atoms. The van der Waals surface area contributed by atoms with Crippen LogP contribution in [0.1, 0.15) is 29.4 Å². The largest absolute Gasteiger partial charge is 0.440 e. The molecule has 0 spiro atoms. The molecule has 3 heterocycles. The summed E-state index contributed by atoms with van der Waals surface area (Å²) in [6, 6.07) is 3.46. The van der Waals surface area contributed by atoms with E-state index in [-0.39, 0.29) is 16.9 Å². The maximum Gasteiger partial charge on any atom is 0.291 e. The number of halogens is 1. The van der Waals surface area contributed by atoms with E-state index >= 15 is 0 Å². The second-order valence-electron chi connectivity index (χ2n) is 4.75. The number of hydrogen-bond acceptors (Lipinski definition) is 4. The van der Waals surface area contributed by atoms with Crippen molar-refractivity contribution in [2.24, 2.45) is 0 Å². The number of carbonyl (C=O) groups excluding carboxylic acids is 1. The fourth-order valence-corrected chi connectivity index (χ4v) is 2.45. The summed E-state index contributed by atoms with van der Waals surface area (Å²) in [7, 11) is 0. The smallest absolute Gasteiger partial charge is 0.291 e. The van der Waals surface area contributed by atoms with Crippen LogP contribution >= 0.6 is 11.6 Å². The molecular weight excluding hydrogens is 280 g/mol. The average molecular weight is 295 g/mol. The van der Waals surface area contributed by atoms with E-state index in [1.165, 1.54) is 12.1 Å². The Hall–Kier alpha value is -1.79. The van der Waals surface area contributed by atoms with Gasteiger partial charge in [-0.3, -0.25) is 9.48 Å². The van der Waals surface area contributed by atoms with Gasteiger partial charge < -0.3 is 15.1 Å². The number of hydrogen-bond donors (Lipinski definition) is 2. The first-order chi connectivity index (χ1) is 9.72. The summed E-state index contributed by atoms with van der Waals surface area (Å²) in [5.74, 6) is -0.147. The Bertz CT molecular complexity index is 601. The van der Waals surface area contributed by atoms with Crippen LogP contribution in [0.2, 0.25) is 5.22 Å². The van der Waals surface area contributed by atoms with Crippen molar-refractivity contribution >= 4 is 23.2 Å². The Balaban J connectivity index is 1.66. The molecule has 2 aromatic heterocycles. The average Bonchev–Trinajstić information content (AvgIpc) is 3.09. The summed E-state index contributed by atoms with van der Waals surface area (Å²) >= 11 is 5.64. The van der Waals surface area contributed by atoms with Gasteiger partial charge in [0.25, 0.3) is 5.91 Å². The van der Waals surface area contributed by atoms with Gasteiger partial charge in [-0.25, -0.2) is 0 Å². The number of amides is 1. The first-order valence-corrected chi connectivity index (χ1v) is 6.92. The van der Waals surface area contributed by atoms with Crippen LogP contribution in [0.15, 0.2) is 28.9 Å². The molecule has 106 valence electrons. The summed E-state index contributed by atoms with van der Waals surface area (Å²) in [5.41, 5.74) is 0.654. The molecule has 1 fully saturated rings. The third-order valence-electron chi connectivity index (χ3n) is 3.34. The number of rotatable bonds is 3. The van der Waals surface area contributed by atoms with Crippen LogP contribution in [0.5, 0.6) is 0 Å². The normalized spacial score (nSPS) is 16.2. The van der Waals surface area contributed by atoms with E-state index < -0.39 is 0 Å². The van der Waals surface area contributed by atoms with Crippen molar-refractivity contribution in [2.75, 3.05) is 18.4 Å². The molecule has 1 amide bonds. The molecule has 0 atom stereocenters. The molecule has 0 aromatic carbocycles. The van der Waals surface area contributed by atoms with Crippen molar-refractivity contribution in [3.63, 3.8) is 0 Å². The number of piperidine rings is 1. The van der Waals surface area contributed by atoms with E-state index in [0.717, 1.165) is 25.9 Å². The number of nitrogens with one attached hydrogen (secondary N) is 2. The second-order valence-corrected chi connectivity index (χ2v) is 5.12. The van der Waals surface area contributed by atoms with E-state index in [0.29, 0.717) is 11.7 Å². The predicted octanol–water partition coefficient (Wildman–Crippen LogP) is 2.31. The van der Waals surface area contributed by atoms with Gasteiger partial charge in [0.05, 0.1) is 17.9 Å². The molecule has 1 aliphatic heterocycles. The third kappa shape index (κ3) is 2.86. The van der Waals surface area contributed by atoms with Crippen LogP contribution in [0.4, 0.5) is 5.69 Å². The molecule has 0 saturated carbocycles. The molecule has 3 rings (SSSR count). The van der Waals surface area contributed by atoms with Crippen molar-refractivity contribution in [3.8, 4) is 0 Å². The molecule has 7 heteroatoms. The molecule has 0 radical (unpaired) electrons. The monoisotopic (exact) mass is 294 g/mol. The minimum Gasteiger partial charge on any atom is -0.440 e. The van der Waals surface area contributed by atoms with Gasteiger partial charge in [0, 0.05) is 6.20 Å². The maximum atomic E-state index is 11.9. The van der Waals surface area contributed by atoms with Crippen LogP contribution in [0, 0.1) is 0 Å². The lowest BCUT2D eigenvalue weighted by atomic mass is 10.1. The predicted molar refractivity (Wildman–Crippen MR) is 75.0 cm³/mol. The molecule has 20 heavy (non-hydrogen) atoms. The number of carbonyl (C=O) groups is 1. The number of nitrogens with zero attached hydrogens (tertiary/aromatic N) is 2. The lowest BCUT2D eigenvalue weighted by molar-refractivity contribution is 0.0996. The lowest BCUT2D eigenvalue weighted by Gasteiger charge is -2.22. The van der Waals surface area contributed by atoms with Crippen LogP contribution in [0.25, 0.3) is 0 Å². The summed E-state index contributed by atoms with van der Waals surface area (Å²) in [6.45, 7) is 1.99. The highest BCUT2D eigenvalue weighted by molar-refractivity contribution is 6.29. The fraction of sp³-hybridized carbons (Fsp3) is 0.385. The number of furan rings is 1. The zero-order valence-electron chi connectivity index (χ0n) is 10.8. The highest BCUT2D eigenvalue weighted by Gasteiger charge is 2.17. The second kappa shape index (κ2) is 5.68. The highest BCUT2D eigenvalue weighted by atomic mass is 35.5. The van der Waals surface area contributed by atoms with Crippen molar-refractivity contribution in [2.45, 2.75) is 18.9 Å². The standard InChI is InChI=1S/C13H15ClN4O2/c14-12-2-1-11(20-12)13(19)17-9-7-16-18(8-9)10-3-5-15-6-4-10/h1-2,7-8,10,15H,3-6H2,(H,17,19). The zero-order valence-corrected chi connectivity index (χ0v) is 11.6. The molecular formula is C13H15ClN4O2. The number of anilines is 1. The Morgan fingerprint density at radius 3 is 2.95 bits per heavy atom. The van der Waals surface area contributed by atoms with E-state index in [4.69, 9.17) is 16.0 Å². The van der Waals surface area contributed by atoms with Crippen molar-refractivity contribution < 1.29 is 9.21 Å². The molecule has 1 aliphatic rings. The minimum absolute atomic E-state index is 0.185. The Morgan fingerprint density at radius 2 is 2.25 bits per heavy atom. The van der Waals surface area contributed by atoms with Crippen molar-refractivity contribution in [1.82, 2.24) is 15.1 Å². The van der Waals surface area contributed by atoms with Gasteiger partial charge in [0.2, 0.25) is 0 Å². The van der Waals surface area contributed by atoms with Gasteiger partial charge in [-0.15, -0.1) is 0 Å². The fourth-order valence-electron chi connectivity index (χ4n) is 2.30. The van der Waals surface area contributed by atoms with Crippen LogP contribution < -0.4 is 10.6 Å².